The van der Waals surface area contributed by atoms with E-state index in [4.69, 9.17) is 4.74 Å². The molecular weight excluding hydrogens is 182 g/mol. The number of likely N-dealkylation sites (N-methyl/N-ethyl adjacent to an activating group) is 1. The molecule has 0 aromatic heterocycles. The number of piperidine rings is 1. The van der Waals surface area contributed by atoms with Gasteiger partial charge in [-0.2, -0.15) is 0 Å². The molecule has 0 aromatic rings. The van der Waals surface area contributed by atoms with Crippen molar-refractivity contribution in [3.63, 3.8) is 0 Å². The van der Waals surface area contributed by atoms with E-state index in [9.17, 15) is 9.90 Å². The maximum absolute atomic E-state index is 10.9. The third kappa shape index (κ3) is 1.64. The highest BCUT2D eigenvalue weighted by Gasteiger charge is 2.45. The monoisotopic (exact) mass is 199 g/mol. The minimum Gasteiger partial charge on any atom is -0.461 e. The van der Waals surface area contributed by atoms with E-state index >= 15 is 0 Å². The first kappa shape index (κ1) is 9.93. The molecule has 14 heavy (non-hydrogen) atoms. The second-order valence-electron chi connectivity index (χ2n) is 4.40. The molecule has 0 amide bonds. The van der Waals surface area contributed by atoms with Crippen LogP contribution in [0.2, 0.25) is 0 Å². The molecule has 0 saturated carbocycles. The summed E-state index contributed by atoms with van der Waals surface area (Å²) in [5, 5.41) is 9.59. The van der Waals surface area contributed by atoms with Crippen LogP contribution in [0.3, 0.4) is 0 Å². The lowest BCUT2D eigenvalue weighted by Crippen LogP contribution is -2.44. The number of nitrogens with zero attached hydrogens (tertiary/aromatic N) is 1. The van der Waals surface area contributed by atoms with Crippen LogP contribution in [0.5, 0.6) is 0 Å². The van der Waals surface area contributed by atoms with Gasteiger partial charge >= 0.3 is 5.97 Å². The van der Waals surface area contributed by atoms with Gasteiger partial charge in [0.1, 0.15) is 6.10 Å². The molecule has 1 unspecified atom stereocenters. The van der Waals surface area contributed by atoms with Crippen LogP contribution in [-0.4, -0.2) is 47.3 Å². The highest BCUT2D eigenvalue weighted by atomic mass is 16.5. The Hall–Kier alpha value is -0.610. The number of rotatable bonds is 1. The summed E-state index contributed by atoms with van der Waals surface area (Å²) in [6.07, 6.45) is 2.18. The molecule has 2 aliphatic rings. The molecule has 0 aromatic carbocycles. The Balaban J connectivity index is 2.05. The number of hydrogen-bond acceptors (Lipinski definition) is 4. The third-order valence-electron chi connectivity index (χ3n) is 3.41. The molecule has 0 aliphatic carbocycles. The zero-order chi connectivity index (χ0) is 10.3. The van der Waals surface area contributed by atoms with Crippen LogP contribution < -0.4 is 0 Å². The fourth-order valence-corrected chi connectivity index (χ4v) is 2.73. The molecule has 2 rings (SSSR count). The predicted octanol–water partition coefficient (Wildman–Crippen LogP) is 0.145. The second kappa shape index (κ2) is 3.51. The highest BCUT2D eigenvalue weighted by Crippen LogP contribution is 2.36. The number of esters is 1. The van der Waals surface area contributed by atoms with Gasteiger partial charge in [-0.05, 0) is 19.9 Å². The lowest BCUT2D eigenvalue weighted by molar-refractivity contribution is -0.147. The minimum absolute atomic E-state index is 0.0142. The van der Waals surface area contributed by atoms with Crippen molar-refractivity contribution in [2.24, 2.45) is 0 Å². The number of carbonyl (C=O) groups is 1. The maximum atomic E-state index is 10.9. The Labute approximate surface area is 83.8 Å². The van der Waals surface area contributed by atoms with Crippen LogP contribution >= 0.6 is 0 Å². The highest BCUT2D eigenvalue weighted by molar-refractivity contribution is 5.66. The first-order chi connectivity index (χ1) is 6.58. The van der Waals surface area contributed by atoms with E-state index in [1.54, 1.807) is 0 Å². The van der Waals surface area contributed by atoms with Crippen molar-refractivity contribution in [1.29, 1.82) is 0 Å². The summed E-state index contributed by atoms with van der Waals surface area (Å²) in [6.45, 7) is 1.44. The molecule has 2 fully saturated rings. The van der Waals surface area contributed by atoms with Crippen molar-refractivity contribution in [3.05, 3.63) is 0 Å². The van der Waals surface area contributed by atoms with E-state index in [0.29, 0.717) is 6.04 Å². The summed E-state index contributed by atoms with van der Waals surface area (Å²) in [4.78, 5) is 13.1. The van der Waals surface area contributed by atoms with Crippen molar-refractivity contribution < 1.29 is 14.6 Å². The largest absolute Gasteiger partial charge is 0.461 e. The summed E-state index contributed by atoms with van der Waals surface area (Å²) in [5.41, 5.74) is 0. The number of ether oxygens (including phenoxy) is 1. The van der Waals surface area contributed by atoms with Gasteiger partial charge in [0, 0.05) is 25.4 Å². The fraction of sp³-hybridized carbons (Fsp3) is 0.900. The summed E-state index contributed by atoms with van der Waals surface area (Å²) in [5.74, 6) is -0.217. The maximum Gasteiger partial charge on any atom is 0.302 e. The minimum atomic E-state index is -0.221. The van der Waals surface area contributed by atoms with Crippen LogP contribution in [0.15, 0.2) is 0 Å². The van der Waals surface area contributed by atoms with Crippen molar-refractivity contribution in [2.75, 3.05) is 7.05 Å². The van der Waals surface area contributed by atoms with Gasteiger partial charge in [0.15, 0.2) is 0 Å². The van der Waals surface area contributed by atoms with Crippen molar-refractivity contribution in [1.82, 2.24) is 4.90 Å². The van der Waals surface area contributed by atoms with Crippen molar-refractivity contribution in [2.45, 2.75) is 50.5 Å². The molecule has 0 spiro atoms. The number of aliphatic hydroxyl groups is 1. The quantitative estimate of drug-likeness (QED) is 0.610. The number of hydrogen-bond donors (Lipinski definition) is 1. The van der Waals surface area contributed by atoms with E-state index in [1.807, 2.05) is 7.05 Å². The smallest absolute Gasteiger partial charge is 0.302 e. The van der Waals surface area contributed by atoms with Gasteiger partial charge < -0.3 is 9.84 Å². The van der Waals surface area contributed by atoms with Gasteiger partial charge in [0.05, 0.1) is 6.10 Å². The summed E-state index contributed by atoms with van der Waals surface area (Å²) >= 11 is 0. The molecule has 80 valence electrons. The number of carbonyl (C=O) groups excluding carboxylic acids is 1. The zero-order valence-corrected chi connectivity index (χ0v) is 8.64. The van der Waals surface area contributed by atoms with Crippen LogP contribution in [0, 0.1) is 0 Å². The van der Waals surface area contributed by atoms with Gasteiger partial charge in [-0.3, -0.25) is 9.69 Å². The average molecular weight is 199 g/mol. The molecule has 4 atom stereocenters. The molecular formula is C10H17NO3. The summed E-state index contributed by atoms with van der Waals surface area (Å²) < 4.78 is 5.25. The van der Waals surface area contributed by atoms with E-state index in [-0.39, 0.29) is 24.2 Å². The molecule has 2 bridgehead atoms. The molecule has 2 heterocycles. The van der Waals surface area contributed by atoms with Crippen LogP contribution in [0.25, 0.3) is 0 Å². The second-order valence-corrected chi connectivity index (χ2v) is 4.40. The van der Waals surface area contributed by atoms with Crippen LogP contribution in [0.1, 0.15) is 26.2 Å². The average Bonchev–Trinajstić information content (AvgIpc) is 2.30. The Morgan fingerprint density at radius 2 is 2.14 bits per heavy atom. The Morgan fingerprint density at radius 3 is 2.79 bits per heavy atom. The lowest BCUT2D eigenvalue weighted by atomic mass is 10.0. The topological polar surface area (TPSA) is 49.8 Å². The molecule has 2 aliphatic heterocycles. The molecule has 1 N–H and O–H groups in total. The molecule has 4 nitrogen and oxygen atoms in total. The van der Waals surface area contributed by atoms with Gasteiger partial charge in [-0.15, -0.1) is 0 Å². The van der Waals surface area contributed by atoms with Crippen LogP contribution in [-0.2, 0) is 9.53 Å². The lowest BCUT2D eigenvalue weighted by Gasteiger charge is -2.34. The summed E-state index contributed by atoms with van der Waals surface area (Å²) in [6, 6.07) is 0.598. The standard InChI is InChI=1S/C10H17NO3/c1-6(12)14-10-4-7-3-8(13)5-9(10)11(7)2/h7-10,13H,3-5H2,1-2H3/t7-,8-,9+,10?/m0/s1. The fourth-order valence-electron chi connectivity index (χ4n) is 2.73. The molecule has 2 saturated heterocycles. The molecule has 0 radical (unpaired) electrons. The SMILES string of the molecule is CC(=O)OC1C[C@@H]2C[C@H](O)C[C@H]1N2C. The van der Waals surface area contributed by atoms with E-state index < -0.39 is 0 Å². The Kier molecular flexibility index (Phi) is 2.49. The van der Waals surface area contributed by atoms with Gasteiger partial charge in [-0.25, -0.2) is 0 Å². The number of aliphatic hydroxyl groups excluding tert-OH is 1. The van der Waals surface area contributed by atoms with E-state index in [1.165, 1.54) is 6.92 Å². The molecule has 4 heteroatoms. The van der Waals surface area contributed by atoms with Gasteiger partial charge in [-0.1, -0.05) is 0 Å². The van der Waals surface area contributed by atoms with E-state index in [2.05, 4.69) is 4.90 Å². The first-order valence-electron chi connectivity index (χ1n) is 5.15. The van der Waals surface area contributed by atoms with Gasteiger partial charge in [0.25, 0.3) is 0 Å². The predicted molar refractivity (Wildman–Crippen MR) is 50.8 cm³/mol. The van der Waals surface area contributed by atoms with E-state index in [0.717, 1.165) is 19.3 Å². The zero-order valence-electron chi connectivity index (χ0n) is 8.64. The van der Waals surface area contributed by atoms with Crippen LogP contribution in [0.4, 0.5) is 0 Å². The first-order valence-corrected chi connectivity index (χ1v) is 5.15. The third-order valence-corrected chi connectivity index (χ3v) is 3.41. The summed E-state index contributed by atoms with van der Waals surface area (Å²) in [7, 11) is 2.05. The van der Waals surface area contributed by atoms with Gasteiger partial charge in [0.2, 0.25) is 0 Å². The number of fused-ring (bicyclic) bond motifs is 2. The Bertz CT molecular complexity index is 244. The normalized spacial score (nSPS) is 42.5. The van der Waals surface area contributed by atoms with Crippen molar-refractivity contribution in [3.8, 4) is 0 Å². The Morgan fingerprint density at radius 1 is 1.43 bits per heavy atom. The van der Waals surface area contributed by atoms with Crippen molar-refractivity contribution >= 4 is 5.97 Å².